The van der Waals surface area contributed by atoms with Gasteiger partial charge in [0.05, 0.1) is 18.8 Å². The van der Waals surface area contributed by atoms with Crippen molar-refractivity contribution in [2.24, 2.45) is 0 Å². The molecule has 1 fully saturated rings. The minimum atomic E-state index is -0.702. The van der Waals surface area contributed by atoms with E-state index < -0.39 is 18.0 Å². The first-order valence-electron chi connectivity index (χ1n) is 7.67. The van der Waals surface area contributed by atoms with Gasteiger partial charge in [-0.3, -0.25) is 9.59 Å². The van der Waals surface area contributed by atoms with E-state index in [1.54, 1.807) is 12.1 Å². The van der Waals surface area contributed by atoms with Gasteiger partial charge in [0.15, 0.2) is 6.61 Å². The zero-order valence-corrected chi connectivity index (χ0v) is 13.3. The van der Waals surface area contributed by atoms with Gasteiger partial charge in [-0.25, -0.2) is 9.69 Å². The Hall–Kier alpha value is -3.35. The minimum Gasteiger partial charge on any atom is -0.465 e. The second kappa shape index (κ2) is 7.48. The van der Waals surface area contributed by atoms with Gasteiger partial charge in [0, 0.05) is 6.08 Å². The van der Waals surface area contributed by atoms with Crippen molar-refractivity contribution in [1.29, 1.82) is 0 Å². The van der Waals surface area contributed by atoms with Gasteiger partial charge in [-0.1, -0.05) is 30.3 Å². The van der Waals surface area contributed by atoms with Crippen molar-refractivity contribution in [3.05, 3.63) is 66.1 Å². The molecule has 25 heavy (non-hydrogen) atoms. The first-order chi connectivity index (χ1) is 12.1. The fourth-order valence-electron chi connectivity index (χ4n) is 2.42. The molecule has 3 rings (SSSR count). The zero-order chi connectivity index (χ0) is 17.6. The molecule has 0 aliphatic carbocycles. The Bertz CT molecular complexity index is 767. The Morgan fingerprint density at radius 2 is 2.00 bits per heavy atom. The van der Waals surface area contributed by atoms with Crippen LogP contribution in [0.15, 0.2) is 59.2 Å². The molecule has 0 saturated carbocycles. The molecule has 1 N–H and O–H groups in total. The third kappa shape index (κ3) is 4.14. The van der Waals surface area contributed by atoms with Gasteiger partial charge in [-0.2, -0.15) is 0 Å². The first-order valence-corrected chi connectivity index (χ1v) is 7.67. The van der Waals surface area contributed by atoms with Gasteiger partial charge in [-0.05, 0) is 23.8 Å². The Morgan fingerprint density at radius 3 is 2.64 bits per heavy atom. The van der Waals surface area contributed by atoms with E-state index in [1.165, 1.54) is 18.4 Å². The van der Waals surface area contributed by atoms with E-state index >= 15 is 0 Å². The van der Waals surface area contributed by atoms with Crippen LogP contribution in [0.4, 0.5) is 4.79 Å². The number of ether oxygens (including phenoxy) is 1. The summed E-state index contributed by atoms with van der Waals surface area (Å²) in [6.45, 7) is -0.269. The zero-order valence-electron chi connectivity index (χ0n) is 13.3. The van der Waals surface area contributed by atoms with E-state index in [9.17, 15) is 14.4 Å². The molecule has 3 amide bonds. The summed E-state index contributed by atoms with van der Waals surface area (Å²) in [4.78, 5) is 36.6. The van der Waals surface area contributed by atoms with Crippen molar-refractivity contribution in [3.8, 4) is 0 Å². The molecular formula is C18H16N2O5. The highest BCUT2D eigenvalue weighted by Crippen LogP contribution is 2.17. The lowest BCUT2D eigenvalue weighted by Crippen LogP contribution is -2.40. The number of cyclic esters (lactones) is 1. The van der Waals surface area contributed by atoms with E-state index in [-0.39, 0.29) is 19.1 Å². The van der Waals surface area contributed by atoms with Crippen molar-refractivity contribution in [1.82, 2.24) is 10.2 Å². The number of amides is 3. The fourth-order valence-corrected chi connectivity index (χ4v) is 2.42. The van der Waals surface area contributed by atoms with Gasteiger partial charge in [-0.15, -0.1) is 0 Å². The molecule has 1 aliphatic heterocycles. The number of carbonyl (C=O) groups is 3. The van der Waals surface area contributed by atoms with Gasteiger partial charge in [0.2, 0.25) is 5.91 Å². The fraction of sp³-hybridized carbons (Fsp3) is 0.167. The largest absolute Gasteiger partial charge is 0.465 e. The standard InChI is InChI=1S/C18H16N2O5/c21-16(9-8-14-7-4-10-24-14)19-15(13-5-2-1-3-6-13)11-20-17(22)12-25-18(20)23/h1-10,15H,11-12H2,(H,19,21)/b9-8+. The third-order valence-corrected chi connectivity index (χ3v) is 3.67. The second-order valence-electron chi connectivity index (χ2n) is 5.38. The summed E-state index contributed by atoms with van der Waals surface area (Å²) in [6.07, 6.45) is 3.67. The highest BCUT2D eigenvalue weighted by atomic mass is 16.6. The van der Waals surface area contributed by atoms with Crippen LogP contribution in [0.2, 0.25) is 0 Å². The summed E-state index contributed by atoms with van der Waals surface area (Å²) in [7, 11) is 0. The summed E-state index contributed by atoms with van der Waals surface area (Å²) in [5, 5.41) is 2.79. The molecule has 1 unspecified atom stereocenters. The van der Waals surface area contributed by atoms with Crippen molar-refractivity contribution in [3.63, 3.8) is 0 Å². The van der Waals surface area contributed by atoms with Crippen LogP contribution in [0.3, 0.4) is 0 Å². The molecule has 2 heterocycles. The summed E-state index contributed by atoms with van der Waals surface area (Å²) >= 11 is 0. The third-order valence-electron chi connectivity index (χ3n) is 3.67. The quantitative estimate of drug-likeness (QED) is 0.814. The van der Waals surface area contributed by atoms with Gasteiger partial charge >= 0.3 is 6.09 Å². The van der Waals surface area contributed by atoms with E-state index in [0.717, 1.165) is 10.5 Å². The monoisotopic (exact) mass is 340 g/mol. The van der Waals surface area contributed by atoms with Crippen LogP contribution in [-0.2, 0) is 14.3 Å². The normalized spacial score (nSPS) is 15.4. The predicted octanol–water partition coefficient (Wildman–Crippen LogP) is 2.13. The molecule has 1 saturated heterocycles. The summed E-state index contributed by atoms with van der Waals surface area (Å²) in [6, 6.07) is 12.0. The highest BCUT2D eigenvalue weighted by Gasteiger charge is 2.33. The van der Waals surface area contributed by atoms with E-state index in [0.29, 0.717) is 5.76 Å². The van der Waals surface area contributed by atoms with Crippen molar-refractivity contribution in [2.75, 3.05) is 13.2 Å². The molecule has 1 aromatic heterocycles. The van der Waals surface area contributed by atoms with Crippen LogP contribution in [0.5, 0.6) is 0 Å². The average Bonchev–Trinajstić information content (AvgIpc) is 3.25. The molecule has 2 aromatic rings. The number of benzene rings is 1. The number of hydrogen-bond donors (Lipinski definition) is 1. The molecule has 0 radical (unpaired) electrons. The van der Waals surface area contributed by atoms with Crippen LogP contribution in [0.25, 0.3) is 6.08 Å². The molecule has 128 valence electrons. The second-order valence-corrected chi connectivity index (χ2v) is 5.38. The van der Waals surface area contributed by atoms with Crippen molar-refractivity contribution < 1.29 is 23.5 Å². The van der Waals surface area contributed by atoms with Crippen LogP contribution in [0.1, 0.15) is 17.4 Å². The lowest BCUT2D eigenvalue weighted by Gasteiger charge is -2.22. The summed E-state index contributed by atoms with van der Waals surface area (Å²) in [5.74, 6) is -0.249. The van der Waals surface area contributed by atoms with Crippen molar-refractivity contribution in [2.45, 2.75) is 6.04 Å². The maximum atomic E-state index is 12.2. The number of hydrogen-bond acceptors (Lipinski definition) is 5. The lowest BCUT2D eigenvalue weighted by molar-refractivity contribution is -0.126. The summed E-state index contributed by atoms with van der Waals surface area (Å²) in [5.41, 5.74) is 0.773. The minimum absolute atomic E-state index is 0.00200. The smallest absolute Gasteiger partial charge is 0.417 e. The maximum Gasteiger partial charge on any atom is 0.417 e. The van der Waals surface area contributed by atoms with Crippen LogP contribution in [0, 0.1) is 0 Å². The maximum absolute atomic E-state index is 12.2. The molecule has 0 bridgehead atoms. The number of nitrogens with zero attached hydrogens (tertiary/aromatic N) is 1. The molecule has 7 nitrogen and oxygen atoms in total. The molecule has 0 spiro atoms. The number of imide groups is 1. The summed E-state index contributed by atoms with van der Waals surface area (Å²) < 4.78 is 9.84. The first kappa shape index (κ1) is 16.5. The number of nitrogens with one attached hydrogen (secondary N) is 1. The van der Waals surface area contributed by atoms with Crippen LogP contribution >= 0.6 is 0 Å². The highest BCUT2D eigenvalue weighted by molar-refractivity contribution is 5.98. The molecule has 1 atom stereocenters. The molecule has 1 aliphatic rings. The Morgan fingerprint density at radius 1 is 1.20 bits per heavy atom. The van der Waals surface area contributed by atoms with Crippen LogP contribution < -0.4 is 5.32 Å². The van der Waals surface area contributed by atoms with Gasteiger partial charge in [0.1, 0.15) is 5.76 Å². The predicted molar refractivity (Wildman–Crippen MR) is 88.1 cm³/mol. The lowest BCUT2D eigenvalue weighted by atomic mass is 10.1. The van der Waals surface area contributed by atoms with Gasteiger partial charge in [0.25, 0.3) is 5.91 Å². The van der Waals surface area contributed by atoms with Crippen LogP contribution in [-0.4, -0.2) is 36.0 Å². The van der Waals surface area contributed by atoms with E-state index in [4.69, 9.17) is 9.15 Å². The molecule has 7 heteroatoms. The number of carbonyl (C=O) groups excluding carboxylic acids is 3. The van der Waals surface area contributed by atoms with Gasteiger partial charge < -0.3 is 14.5 Å². The Labute approximate surface area is 143 Å². The Balaban J connectivity index is 1.73. The average molecular weight is 340 g/mol. The van der Waals surface area contributed by atoms with E-state index in [1.807, 2.05) is 30.3 Å². The SMILES string of the molecule is O=C(/C=C/c1ccco1)NC(CN1C(=O)COC1=O)c1ccccc1. The van der Waals surface area contributed by atoms with Crippen molar-refractivity contribution >= 4 is 24.0 Å². The van der Waals surface area contributed by atoms with E-state index in [2.05, 4.69) is 5.32 Å². The topological polar surface area (TPSA) is 88.8 Å². The molecule has 1 aromatic carbocycles. The molecular weight excluding hydrogens is 324 g/mol. The number of rotatable bonds is 6. The number of furan rings is 1. The Kier molecular flexibility index (Phi) is 4.94.